The Balaban J connectivity index is 2.99. The van der Waals surface area contributed by atoms with Crippen LogP contribution < -0.4 is 4.83 Å². The van der Waals surface area contributed by atoms with Crippen molar-refractivity contribution in [2.45, 2.75) is 4.90 Å². The second kappa shape index (κ2) is 4.22. The monoisotopic (exact) mass is 235 g/mol. The lowest BCUT2D eigenvalue weighted by Gasteiger charge is -2.11. The first-order valence-electron chi connectivity index (χ1n) is 3.73. The molecule has 5 nitrogen and oxygen atoms in total. The van der Waals surface area contributed by atoms with Crippen LogP contribution in [-0.2, 0) is 10.0 Å². The molecule has 1 aromatic heterocycles. The molecule has 1 rings (SSSR count). The van der Waals surface area contributed by atoms with E-state index >= 15 is 0 Å². The maximum absolute atomic E-state index is 11.5. The van der Waals surface area contributed by atoms with Gasteiger partial charge >= 0.3 is 0 Å². The average Bonchev–Trinajstić information content (AvgIpc) is 2.02. The van der Waals surface area contributed by atoms with Gasteiger partial charge in [0, 0.05) is 20.3 Å². The van der Waals surface area contributed by atoms with Crippen LogP contribution in [-0.4, -0.2) is 32.5 Å². The smallest absolute Gasteiger partial charge is 0.243 e. The van der Waals surface area contributed by atoms with Crippen molar-refractivity contribution in [2.24, 2.45) is 0 Å². The van der Waals surface area contributed by atoms with Gasteiger partial charge < -0.3 is 0 Å². The number of rotatable bonds is 3. The minimum atomic E-state index is -3.52. The first kappa shape index (κ1) is 11.4. The second-order valence-corrected chi connectivity index (χ2v) is 4.85. The number of hydrogen-bond donors (Lipinski definition) is 1. The van der Waals surface area contributed by atoms with Gasteiger partial charge in [0.15, 0.2) is 0 Å². The van der Waals surface area contributed by atoms with Crippen LogP contribution in [0.3, 0.4) is 0 Å². The lowest BCUT2D eigenvalue weighted by molar-refractivity contribution is 0.364. The lowest BCUT2D eigenvalue weighted by atomic mass is 10.5. The van der Waals surface area contributed by atoms with Crippen molar-refractivity contribution in [3.05, 3.63) is 23.5 Å². The molecule has 0 aliphatic rings. The number of pyridine rings is 1. The Morgan fingerprint density at radius 3 is 2.50 bits per heavy atom. The van der Waals surface area contributed by atoms with Crippen molar-refractivity contribution >= 4 is 21.6 Å². The number of nitrogens with one attached hydrogen (secondary N) is 1. The van der Waals surface area contributed by atoms with Gasteiger partial charge in [-0.1, -0.05) is 11.6 Å². The Hall–Kier alpha value is -0.690. The van der Waals surface area contributed by atoms with Crippen molar-refractivity contribution < 1.29 is 8.42 Å². The molecule has 0 unspecified atom stereocenters. The Morgan fingerprint density at radius 2 is 2.07 bits per heavy atom. The zero-order chi connectivity index (χ0) is 10.8. The van der Waals surface area contributed by atoms with Crippen molar-refractivity contribution in [2.75, 3.05) is 14.1 Å². The number of sulfonamides is 1. The molecular formula is C7H10ClN3O2S. The van der Waals surface area contributed by atoms with E-state index in [-0.39, 0.29) is 10.0 Å². The fourth-order valence-electron chi connectivity index (χ4n) is 0.814. The summed E-state index contributed by atoms with van der Waals surface area (Å²) < 4.78 is 23.0. The van der Waals surface area contributed by atoms with E-state index in [9.17, 15) is 8.42 Å². The number of hydrazine groups is 1. The Bertz CT molecular complexity index is 401. The van der Waals surface area contributed by atoms with Crippen molar-refractivity contribution in [1.29, 1.82) is 0 Å². The van der Waals surface area contributed by atoms with Crippen LogP contribution in [0.15, 0.2) is 23.2 Å². The maximum atomic E-state index is 11.5. The molecule has 0 amide bonds. The summed E-state index contributed by atoms with van der Waals surface area (Å²) in [4.78, 5) is 6.04. The van der Waals surface area contributed by atoms with Crippen LogP contribution in [0.4, 0.5) is 0 Å². The molecule has 0 aromatic carbocycles. The summed E-state index contributed by atoms with van der Waals surface area (Å²) in [5, 5.41) is 1.60. The number of nitrogens with zero attached hydrogens (tertiary/aromatic N) is 2. The highest BCUT2D eigenvalue weighted by Crippen LogP contribution is 2.10. The first-order valence-corrected chi connectivity index (χ1v) is 5.59. The predicted molar refractivity (Wildman–Crippen MR) is 53.3 cm³/mol. The summed E-state index contributed by atoms with van der Waals surface area (Å²) in [6.07, 6.45) is 1.20. The SMILES string of the molecule is CN(C)NS(=O)(=O)c1ccc(Cl)nc1. The van der Waals surface area contributed by atoms with E-state index in [1.54, 1.807) is 14.1 Å². The third-order valence-corrected chi connectivity index (χ3v) is 3.00. The highest BCUT2D eigenvalue weighted by molar-refractivity contribution is 7.89. The van der Waals surface area contributed by atoms with Crippen LogP contribution in [0, 0.1) is 0 Å². The summed E-state index contributed by atoms with van der Waals surface area (Å²) >= 11 is 5.53. The van der Waals surface area contributed by atoms with Gasteiger partial charge in [-0.3, -0.25) is 0 Å². The molecule has 0 aliphatic carbocycles. The Morgan fingerprint density at radius 1 is 1.43 bits per heavy atom. The second-order valence-electron chi connectivity index (χ2n) is 2.81. The van der Waals surface area contributed by atoms with Gasteiger partial charge in [-0.2, -0.15) is 0 Å². The van der Waals surface area contributed by atoms with E-state index in [0.717, 1.165) is 0 Å². The van der Waals surface area contributed by atoms with E-state index in [2.05, 4.69) is 9.82 Å². The fourth-order valence-corrected chi connectivity index (χ4v) is 1.95. The van der Waals surface area contributed by atoms with Crippen molar-refractivity contribution in [3.8, 4) is 0 Å². The van der Waals surface area contributed by atoms with Gasteiger partial charge in [-0.05, 0) is 12.1 Å². The third-order valence-electron chi connectivity index (χ3n) is 1.31. The number of aromatic nitrogens is 1. The molecule has 78 valence electrons. The molecule has 0 atom stereocenters. The minimum Gasteiger partial charge on any atom is -0.243 e. The number of hydrogen-bond acceptors (Lipinski definition) is 4. The van der Waals surface area contributed by atoms with Crippen molar-refractivity contribution in [3.63, 3.8) is 0 Å². The van der Waals surface area contributed by atoms with Crippen molar-refractivity contribution in [1.82, 2.24) is 14.8 Å². The molecule has 0 spiro atoms. The highest BCUT2D eigenvalue weighted by atomic mass is 35.5. The summed E-state index contributed by atoms with van der Waals surface area (Å²) in [6, 6.07) is 2.81. The topological polar surface area (TPSA) is 62.3 Å². The Kier molecular flexibility index (Phi) is 3.43. The summed E-state index contributed by atoms with van der Waals surface area (Å²) in [6.45, 7) is 0. The van der Waals surface area contributed by atoms with Gasteiger partial charge in [-0.25, -0.2) is 18.4 Å². The molecule has 14 heavy (non-hydrogen) atoms. The molecular weight excluding hydrogens is 226 g/mol. The molecule has 1 aromatic rings. The molecule has 0 aliphatic heterocycles. The van der Waals surface area contributed by atoms with E-state index in [1.807, 2.05) is 0 Å². The normalized spacial score (nSPS) is 12.0. The summed E-state index contributed by atoms with van der Waals surface area (Å²) in [7, 11) is -0.353. The molecule has 1 N–H and O–H groups in total. The fraction of sp³-hybridized carbons (Fsp3) is 0.286. The maximum Gasteiger partial charge on any atom is 0.254 e. The largest absolute Gasteiger partial charge is 0.254 e. The van der Waals surface area contributed by atoms with Crippen LogP contribution in [0.1, 0.15) is 0 Å². The Labute approximate surface area is 87.7 Å². The summed E-state index contributed by atoms with van der Waals surface area (Å²) in [5.74, 6) is 0. The first-order chi connectivity index (χ1) is 6.42. The van der Waals surface area contributed by atoms with Crippen LogP contribution in [0.2, 0.25) is 5.15 Å². The molecule has 0 saturated carbocycles. The van der Waals surface area contributed by atoms with Gasteiger partial charge in [0.2, 0.25) is 0 Å². The van der Waals surface area contributed by atoms with Gasteiger partial charge in [0.1, 0.15) is 10.0 Å². The van der Waals surface area contributed by atoms with E-state index in [4.69, 9.17) is 11.6 Å². The molecule has 0 saturated heterocycles. The van der Waals surface area contributed by atoms with Gasteiger partial charge in [0.05, 0.1) is 0 Å². The van der Waals surface area contributed by atoms with E-state index in [0.29, 0.717) is 0 Å². The molecule has 0 radical (unpaired) electrons. The average molecular weight is 236 g/mol. The molecule has 1 heterocycles. The minimum absolute atomic E-state index is 0.0793. The quantitative estimate of drug-likeness (QED) is 0.612. The standard InChI is InChI=1S/C7H10ClN3O2S/c1-11(2)10-14(12,13)6-3-4-7(8)9-5-6/h3-5,10H,1-2H3. The number of halogens is 1. The third kappa shape index (κ3) is 2.91. The summed E-state index contributed by atoms with van der Waals surface area (Å²) in [5.41, 5.74) is 0. The van der Waals surface area contributed by atoms with Gasteiger partial charge in [0.25, 0.3) is 10.0 Å². The van der Waals surface area contributed by atoms with E-state index in [1.165, 1.54) is 23.3 Å². The zero-order valence-electron chi connectivity index (χ0n) is 7.73. The molecule has 0 fully saturated rings. The molecule has 7 heteroatoms. The van der Waals surface area contributed by atoms with Crippen LogP contribution in [0.5, 0.6) is 0 Å². The van der Waals surface area contributed by atoms with Crippen LogP contribution >= 0.6 is 11.6 Å². The highest BCUT2D eigenvalue weighted by Gasteiger charge is 2.14. The molecule has 0 bridgehead atoms. The van der Waals surface area contributed by atoms with E-state index < -0.39 is 10.0 Å². The lowest BCUT2D eigenvalue weighted by Crippen LogP contribution is -2.36. The van der Waals surface area contributed by atoms with Crippen LogP contribution in [0.25, 0.3) is 0 Å². The predicted octanol–water partition coefficient (Wildman–Crippen LogP) is 0.490. The van der Waals surface area contributed by atoms with Gasteiger partial charge in [-0.15, -0.1) is 4.83 Å². The zero-order valence-corrected chi connectivity index (χ0v) is 9.30.